The van der Waals surface area contributed by atoms with E-state index in [0.717, 1.165) is 51.5 Å². The van der Waals surface area contributed by atoms with Crippen molar-refractivity contribution < 1.29 is 9.53 Å². The molecule has 1 saturated carbocycles. The number of aryl methyl sites for hydroxylation is 1. The Morgan fingerprint density at radius 1 is 1.36 bits per heavy atom. The molecular formula is C20H29N3O2. The standard InChI is InChI=1S/C20H29N3O2/c1-15-5-4-6-21-17(15)18(24)23-11-16-19(2,3)12-20(16,14-23)13-22-7-9-25-10-8-22/h4-6,16H,7-14H2,1-3H3/t16-,20+/m1/s1. The molecule has 3 fully saturated rings. The number of pyridine rings is 1. The summed E-state index contributed by atoms with van der Waals surface area (Å²) in [6.45, 7) is 13.2. The molecule has 2 aliphatic heterocycles. The number of carbonyl (C=O) groups excluding carboxylic acids is 1. The zero-order valence-electron chi connectivity index (χ0n) is 15.6. The number of amides is 1. The lowest BCUT2D eigenvalue weighted by Crippen LogP contribution is -2.59. The lowest BCUT2D eigenvalue weighted by Gasteiger charge is -2.58. The van der Waals surface area contributed by atoms with Crippen LogP contribution in [0.4, 0.5) is 0 Å². The molecule has 1 amide bonds. The first-order chi connectivity index (χ1) is 11.9. The van der Waals surface area contributed by atoms with Crippen molar-refractivity contribution in [1.29, 1.82) is 0 Å². The van der Waals surface area contributed by atoms with Gasteiger partial charge in [-0.1, -0.05) is 19.9 Å². The first-order valence-corrected chi connectivity index (χ1v) is 9.42. The molecule has 0 bridgehead atoms. The van der Waals surface area contributed by atoms with Gasteiger partial charge in [0.1, 0.15) is 5.69 Å². The maximum atomic E-state index is 13.1. The van der Waals surface area contributed by atoms with E-state index in [0.29, 0.717) is 17.0 Å². The molecule has 136 valence electrons. The van der Waals surface area contributed by atoms with E-state index in [4.69, 9.17) is 4.74 Å². The van der Waals surface area contributed by atoms with Gasteiger partial charge in [0, 0.05) is 44.3 Å². The zero-order chi connectivity index (χ0) is 17.7. The van der Waals surface area contributed by atoms with E-state index in [9.17, 15) is 4.79 Å². The summed E-state index contributed by atoms with van der Waals surface area (Å²) in [5.41, 5.74) is 2.15. The van der Waals surface area contributed by atoms with Crippen LogP contribution in [0.2, 0.25) is 0 Å². The molecule has 0 unspecified atom stereocenters. The third-order valence-electron chi connectivity index (χ3n) is 6.54. The number of fused-ring (bicyclic) bond motifs is 1. The van der Waals surface area contributed by atoms with E-state index in [2.05, 4.69) is 28.6 Å². The van der Waals surface area contributed by atoms with Gasteiger partial charge in [-0.15, -0.1) is 0 Å². The largest absolute Gasteiger partial charge is 0.379 e. The van der Waals surface area contributed by atoms with Crippen LogP contribution in [0.25, 0.3) is 0 Å². The van der Waals surface area contributed by atoms with E-state index in [-0.39, 0.29) is 11.3 Å². The Morgan fingerprint density at radius 2 is 2.12 bits per heavy atom. The number of rotatable bonds is 3. The molecule has 0 spiro atoms. The van der Waals surface area contributed by atoms with Gasteiger partial charge in [0.15, 0.2) is 0 Å². The topological polar surface area (TPSA) is 45.7 Å². The van der Waals surface area contributed by atoms with Crippen molar-refractivity contribution in [3.63, 3.8) is 0 Å². The van der Waals surface area contributed by atoms with Crippen molar-refractivity contribution in [3.05, 3.63) is 29.6 Å². The quantitative estimate of drug-likeness (QED) is 0.844. The minimum Gasteiger partial charge on any atom is -0.379 e. The van der Waals surface area contributed by atoms with Gasteiger partial charge in [0.2, 0.25) is 0 Å². The first-order valence-electron chi connectivity index (χ1n) is 9.42. The molecule has 4 rings (SSSR count). The molecule has 0 N–H and O–H groups in total. The summed E-state index contributed by atoms with van der Waals surface area (Å²) < 4.78 is 5.50. The minimum absolute atomic E-state index is 0.102. The van der Waals surface area contributed by atoms with E-state index in [1.807, 2.05) is 19.1 Å². The van der Waals surface area contributed by atoms with Gasteiger partial charge in [0.25, 0.3) is 5.91 Å². The van der Waals surface area contributed by atoms with Crippen molar-refractivity contribution in [1.82, 2.24) is 14.8 Å². The second-order valence-corrected chi connectivity index (χ2v) is 8.82. The normalized spacial score (nSPS) is 31.5. The number of likely N-dealkylation sites (tertiary alicyclic amines) is 1. The van der Waals surface area contributed by atoms with Crippen molar-refractivity contribution in [2.75, 3.05) is 45.9 Å². The van der Waals surface area contributed by atoms with Crippen LogP contribution in [0.5, 0.6) is 0 Å². The highest BCUT2D eigenvalue weighted by atomic mass is 16.5. The van der Waals surface area contributed by atoms with Gasteiger partial charge in [0.05, 0.1) is 13.2 Å². The second kappa shape index (κ2) is 6.06. The zero-order valence-corrected chi connectivity index (χ0v) is 15.6. The number of nitrogens with zero attached hydrogens (tertiary/aromatic N) is 3. The van der Waals surface area contributed by atoms with Crippen LogP contribution in [0.1, 0.15) is 36.3 Å². The molecule has 1 aromatic heterocycles. The Labute approximate surface area is 150 Å². The Balaban J connectivity index is 1.53. The third-order valence-corrected chi connectivity index (χ3v) is 6.54. The van der Waals surface area contributed by atoms with Crippen LogP contribution >= 0.6 is 0 Å². The lowest BCUT2D eigenvalue weighted by atomic mass is 9.48. The Kier molecular flexibility index (Phi) is 4.12. The highest BCUT2D eigenvalue weighted by Gasteiger charge is 2.63. The molecule has 2 saturated heterocycles. The molecule has 1 aliphatic carbocycles. The predicted octanol–water partition coefficient (Wildman–Crippen LogP) is 2.21. The number of ether oxygens (including phenoxy) is 1. The highest BCUT2D eigenvalue weighted by molar-refractivity contribution is 5.94. The van der Waals surface area contributed by atoms with Crippen LogP contribution in [0.15, 0.2) is 18.3 Å². The number of hydrogen-bond donors (Lipinski definition) is 0. The van der Waals surface area contributed by atoms with Gasteiger partial charge in [-0.2, -0.15) is 0 Å². The second-order valence-electron chi connectivity index (χ2n) is 8.82. The molecule has 5 heteroatoms. The summed E-state index contributed by atoms with van der Waals surface area (Å²) in [7, 11) is 0. The van der Waals surface area contributed by atoms with Gasteiger partial charge < -0.3 is 9.64 Å². The van der Waals surface area contributed by atoms with Crippen molar-refractivity contribution in [2.45, 2.75) is 27.2 Å². The summed E-state index contributed by atoms with van der Waals surface area (Å²) in [6, 6.07) is 3.86. The molecule has 2 atom stereocenters. The SMILES string of the molecule is Cc1cccnc1C(=O)N1C[C@@H]2C(C)(C)C[C@]2(CN2CCOCC2)C1. The van der Waals surface area contributed by atoms with Gasteiger partial charge >= 0.3 is 0 Å². The summed E-state index contributed by atoms with van der Waals surface area (Å²) in [5, 5.41) is 0. The van der Waals surface area contributed by atoms with Crippen LogP contribution in [-0.4, -0.2) is 66.6 Å². The first kappa shape index (κ1) is 17.0. The van der Waals surface area contributed by atoms with Crippen LogP contribution in [-0.2, 0) is 4.74 Å². The lowest BCUT2D eigenvalue weighted by molar-refractivity contribution is -0.0966. The van der Waals surface area contributed by atoms with E-state index < -0.39 is 0 Å². The van der Waals surface area contributed by atoms with E-state index in [1.165, 1.54) is 6.42 Å². The summed E-state index contributed by atoms with van der Waals surface area (Å²) in [4.78, 5) is 22.0. The third kappa shape index (κ3) is 2.87. The molecular weight excluding hydrogens is 314 g/mol. The van der Waals surface area contributed by atoms with Crippen LogP contribution in [0.3, 0.4) is 0 Å². The molecule has 3 aliphatic rings. The van der Waals surface area contributed by atoms with Crippen LogP contribution < -0.4 is 0 Å². The summed E-state index contributed by atoms with van der Waals surface area (Å²) in [5.74, 6) is 0.681. The maximum Gasteiger partial charge on any atom is 0.272 e. The molecule has 1 aromatic rings. The van der Waals surface area contributed by atoms with Crippen molar-refractivity contribution in [3.8, 4) is 0 Å². The van der Waals surface area contributed by atoms with Gasteiger partial charge in [-0.05, 0) is 36.3 Å². The number of hydrogen-bond acceptors (Lipinski definition) is 4. The average Bonchev–Trinajstić information content (AvgIpc) is 2.90. The average molecular weight is 343 g/mol. The molecule has 5 nitrogen and oxygen atoms in total. The highest BCUT2D eigenvalue weighted by Crippen LogP contribution is 2.63. The maximum absolute atomic E-state index is 13.1. The van der Waals surface area contributed by atoms with Gasteiger partial charge in [-0.3, -0.25) is 14.7 Å². The van der Waals surface area contributed by atoms with E-state index >= 15 is 0 Å². The Morgan fingerprint density at radius 3 is 2.80 bits per heavy atom. The Bertz CT molecular complexity index is 669. The summed E-state index contributed by atoms with van der Waals surface area (Å²) >= 11 is 0. The van der Waals surface area contributed by atoms with Crippen molar-refractivity contribution >= 4 is 5.91 Å². The number of aromatic nitrogens is 1. The number of carbonyl (C=O) groups is 1. The number of morpholine rings is 1. The molecule has 0 aromatic carbocycles. The fraction of sp³-hybridized carbons (Fsp3) is 0.700. The predicted molar refractivity (Wildman–Crippen MR) is 96.5 cm³/mol. The summed E-state index contributed by atoms with van der Waals surface area (Å²) in [6.07, 6.45) is 2.92. The fourth-order valence-corrected chi connectivity index (χ4v) is 5.56. The van der Waals surface area contributed by atoms with Crippen molar-refractivity contribution in [2.24, 2.45) is 16.7 Å². The van der Waals surface area contributed by atoms with Gasteiger partial charge in [-0.25, -0.2) is 0 Å². The Hall–Kier alpha value is -1.46. The molecule has 3 heterocycles. The fourth-order valence-electron chi connectivity index (χ4n) is 5.56. The molecule has 25 heavy (non-hydrogen) atoms. The van der Waals surface area contributed by atoms with Crippen LogP contribution in [0, 0.1) is 23.7 Å². The monoisotopic (exact) mass is 343 g/mol. The molecule has 0 radical (unpaired) electrons. The minimum atomic E-state index is 0.102. The smallest absolute Gasteiger partial charge is 0.272 e. The van der Waals surface area contributed by atoms with E-state index in [1.54, 1.807) is 6.20 Å².